The number of fused-ring (bicyclic) bond motifs is 2. The van der Waals surface area contributed by atoms with Crippen LogP contribution in [0.15, 0.2) is 134 Å². The van der Waals surface area contributed by atoms with Gasteiger partial charge < -0.3 is 0 Å². The third-order valence-electron chi connectivity index (χ3n) is 6.87. The highest BCUT2D eigenvalue weighted by Crippen LogP contribution is 2.22. The smallest absolute Gasteiger partial charge is 0.0977 e. The Morgan fingerprint density at radius 1 is 0.471 bits per heavy atom. The van der Waals surface area contributed by atoms with E-state index in [-0.39, 0.29) is 0 Å². The van der Waals surface area contributed by atoms with Crippen molar-refractivity contribution in [1.82, 2.24) is 0 Å². The molecule has 0 aromatic heterocycles. The third-order valence-corrected chi connectivity index (χ3v) is 12.3. The SMILES string of the molecule is C=C[SiH](Cc1ccccc1)c1ccc2cc3ccc([SiH](C=C)Cc4ccccc4)cc3cc2c1. The van der Waals surface area contributed by atoms with Crippen LogP contribution >= 0.6 is 0 Å². The average molecular weight is 471 g/mol. The highest BCUT2D eigenvalue weighted by molar-refractivity contribution is 6.77. The second kappa shape index (κ2) is 10.2. The van der Waals surface area contributed by atoms with Gasteiger partial charge in [-0.1, -0.05) is 130 Å². The first-order chi connectivity index (χ1) is 16.7. The van der Waals surface area contributed by atoms with Gasteiger partial charge >= 0.3 is 0 Å². The molecule has 5 aromatic rings. The molecule has 0 N–H and O–H groups in total. The lowest BCUT2D eigenvalue weighted by Crippen LogP contribution is -2.31. The number of rotatable bonds is 8. The highest BCUT2D eigenvalue weighted by Gasteiger charge is 2.14. The van der Waals surface area contributed by atoms with E-state index < -0.39 is 17.6 Å². The zero-order valence-electron chi connectivity index (χ0n) is 19.5. The monoisotopic (exact) mass is 470 g/mol. The van der Waals surface area contributed by atoms with Crippen LogP contribution in [0.25, 0.3) is 21.5 Å². The topological polar surface area (TPSA) is 0 Å². The molecular formula is C32H30Si2. The van der Waals surface area contributed by atoms with Crippen molar-refractivity contribution in [3.8, 4) is 0 Å². The van der Waals surface area contributed by atoms with Crippen LogP contribution in [0.5, 0.6) is 0 Å². The Hall–Kier alpha value is -3.47. The van der Waals surface area contributed by atoms with Gasteiger partial charge in [0.05, 0.1) is 17.6 Å². The molecule has 0 saturated heterocycles. The summed E-state index contributed by atoms with van der Waals surface area (Å²) in [6, 6.07) is 42.6. The maximum absolute atomic E-state index is 4.20. The maximum atomic E-state index is 4.20. The van der Waals surface area contributed by atoms with Gasteiger partial charge in [-0.05, 0) is 45.8 Å². The van der Waals surface area contributed by atoms with Gasteiger partial charge in [0.25, 0.3) is 0 Å². The molecular weight excluding hydrogens is 441 g/mol. The Morgan fingerprint density at radius 2 is 0.882 bits per heavy atom. The molecule has 34 heavy (non-hydrogen) atoms. The standard InChI is InChI=1S/C32H30Si2/c1-3-33(23-25-11-7-5-8-12-25)31-17-15-27-19-28-16-18-32(22-30(28)20-29(27)21-31)34(4-2)24-26-13-9-6-10-14-26/h3-22,33-34H,1-2,23-24H2. The summed E-state index contributed by atoms with van der Waals surface area (Å²) in [6.45, 7) is 8.39. The summed E-state index contributed by atoms with van der Waals surface area (Å²) in [5.41, 5.74) is 7.25. The number of hydrogen-bond donors (Lipinski definition) is 0. The average Bonchev–Trinajstić information content (AvgIpc) is 2.89. The fourth-order valence-electron chi connectivity index (χ4n) is 4.91. The first-order valence-electron chi connectivity index (χ1n) is 12.0. The van der Waals surface area contributed by atoms with E-state index in [1.54, 1.807) is 0 Å². The minimum absolute atomic E-state index is 1.11. The van der Waals surface area contributed by atoms with Gasteiger partial charge in [0.1, 0.15) is 0 Å². The summed E-state index contributed by atoms with van der Waals surface area (Å²) < 4.78 is 0. The molecule has 0 radical (unpaired) electrons. The van der Waals surface area contributed by atoms with Crippen molar-refractivity contribution >= 4 is 49.5 Å². The molecule has 5 aromatic carbocycles. The van der Waals surface area contributed by atoms with Crippen molar-refractivity contribution < 1.29 is 0 Å². The molecule has 2 unspecified atom stereocenters. The number of benzene rings is 5. The summed E-state index contributed by atoms with van der Waals surface area (Å²) >= 11 is 0. The lowest BCUT2D eigenvalue weighted by molar-refractivity contribution is 1.37. The first kappa shape index (κ1) is 22.3. The summed E-state index contributed by atoms with van der Waals surface area (Å²) in [5.74, 6) is 0. The largest absolute Gasteiger partial charge is 0.107 e. The zero-order valence-corrected chi connectivity index (χ0v) is 21.8. The fourth-order valence-corrected chi connectivity index (χ4v) is 9.29. The summed E-state index contributed by atoms with van der Waals surface area (Å²) in [7, 11) is -2.56. The van der Waals surface area contributed by atoms with E-state index in [1.807, 2.05) is 0 Å². The van der Waals surface area contributed by atoms with E-state index in [0.29, 0.717) is 0 Å². The maximum Gasteiger partial charge on any atom is 0.0977 e. The van der Waals surface area contributed by atoms with E-state index in [4.69, 9.17) is 0 Å². The van der Waals surface area contributed by atoms with Crippen LogP contribution in [0, 0.1) is 0 Å². The Balaban J connectivity index is 1.48. The second-order valence-corrected chi connectivity index (χ2v) is 14.6. The van der Waals surface area contributed by atoms with E-state index in [0.717, 1.165) is 12.1 Å². The van der Waals surface area contributed by atoms with Gasteiger partial charge in [-0.15, -0.1) is 13.2 Å². The molecule has 0 amide bonds. The van der Waals surface area contributed by atoms with E-state index in [1.165, 1.54) is 43.0 Å². The molecule has 0 spiro atoms. The fraction of sp³-hybridized carbons (Fsp3) is 0.0625. The molecule has 5 rings (SSSR count). The molecule has 0 heterocycles. The van der Waals surface area contributed by atoms with Crippen molar-refractivity contribution in [2.24, 2.45) is 0 Å². The second-order valence-electron chi connectivity index (χ2n) is 9.13. The Morgan fingerprint density at radius 3 is 1.29 bits per heavy atom. The van der Waals surface area contributed by atoms with Crippen LogP contribution in [0.4, 0.5) is 0 Å². The Labute approximate surface area is 206 Å². The predicted octanol–water partition coefficient (Wildman–Crippen LogP) is 5.88. The van der Waals surface area contributed by atoms with Crippen LogP contribution in [0.1, 0.15) is 11.1 Å². The highest BCUT2D eigenvalue weighted by atomic mass is 28.3. The minimum Gasteiger partial charge on any atom is -0.107 e. The normalized spacial score (nSPS) is 12.9. The molecule has 2 atom stereocenters. The van der Waals surface area contributed by atoms with Gasteiger partial charge in [-0.3, -0.25) is 0 Å². The number of hydrogen-bond acceptors (Lipinski definition) is 0. The van der Waals surface area contributed by atoms with Gasteiger partial charge in [0.2, 0.25) is 0 Å². The molecule has 166 valence electrons. The van der Waals surface area contributed by atoms with Gasteiger partial charge in [0.15, 0.2) is 0 Å². The molecule has 0 aliphatic rings. The van der Waals surface area contributed by atoms with Crippen LogP contribution in [-0.2, 0) is 12.1 Å². The summed E-state index contributed by atoms with van der Waals surface area (Å²) in [4.78, 5) is 0. The molecule has 0 fully saturated rings. The Kier molecular flexibility index (Phi) is 6.71. The quantitative estimate of drug-likeness (QED) is 0.196. The van der Waals surface area contributed by atoms with Crippen molar-refractivity contribution in [1.29, 1.82) is 0 Å². The van der Waals surface area contributed by atoms with Gasteiger partial charge in [0, 0.05) is 0 Å². The first-order valence-corrected chi connectivity index (χ1v) is 16.2. The van der Waals surface area contributed by atoms with Gasteiger partial charge in [-0.2, -0.15) is 0 Å². The van der Waals surface area contributed by atoms with Crippen molar-refractivity contribution in [2.45, 2.75) is 12.1 Å². The minimum atomic E-state index is -1.28. The molecule has 2 heteroatoms. The van der Waals surface area contributed by atoms with Crippen LogP contribution in [0.3, 0.4) is 0 Å². The third kappa shape index (κ3) is 4.89. The molecule has 0 bridgehead atoms. The van der Waals surface area contributed by atoms with Crippen molar-refractivity contribution in [3.63, 3.8) is 0 Å². The van der Waals surface area contributed by atoms with Crippen LogP contribution in [0.2, 0.25) is 0 Å². The lowest BCUT2D eigenvalue weighted by Gasteiger charge is -2.15. The predicted molar refractivity (Wildman–Crippen MR) is 156 cm³/mol. The van der Waals surface area contributed by atoms with Gasteiger partial charge in [-0.25, -0.2) is 0 Å². The van der Waals surface area contributed by atoms with E-state index >= 15 is 0 Å². The zero-order chi connectivity index (χ0) is 23.3. The summed E-state index contributed by atoms with van der Waals surface area (Å²) in [5, 5.41) is 8.20. The van der Waals surface area contributed by atoms with Crippen molar-refractivity contribution in [2.75, 3.05) is 0 Å². The lowest BCUT2D eigenvalue weighted by atomic mass is 10.0. The van der Waals surface area contributed by atoms with E-state index in [9.17, 15) is 0 Å². The molecule has 0 nitrogen and oxygen atoms in total. The Bertz CT molecular complexity index is 1330. The van der Waals surface area contributed by atoms with E-state index in [2.05, 4.69) is 134 Å². The van der Waals surface area contributed by atoms with Crippen LogP contribution < -0.4 is 10.4 Å². The molecule has 0 saturated carbocycles. The van der Waals surface area contributed by atoms with Crippen molar-refractivity contribution in [3.05, 3.63) is 145 Å². The molecule has 0 aliphatic carbocycles. The molecule has 0 aliphatic heterocycles. The van der Waals surface area contributed by atoms with Crippen LogP contribution in [-0.4, -0.2) is 17.6 Å². The summed E-state index contributed by atoms with van der Waals surface area (Å²) in [6.07, 6.45) is 0.